The van der Waals surface area contributed by atoms with Crippen LogP contribution in [-0.4, -0.2) is 37.1 Å². The number of amides is 1. The molecule has 5 heteroatoms. The molecule has 1 aromatic carbocycles. The summed E-state index contributed by atoms with van der Waals surface area (Å²) in [7, 11) is 0. The van der Waals surface area contributed by atoms with E-state index in [1.165, 1.54) is 0 Å². The molecule has 0 fully saturated rings. The molecule has 0 spiro atoms. The highest BCUT2D eigenvalue weighted by Crippen LogP contribution is 2.03. The minimum absolute atomic E-state index is 0.0704. The van der Waals surface area contributed by atoms with Gasteiger partial charge in [0.15, 0.2) is 0 Å². The number of carbonyl (C=O) groups is 1. The molecule has 0 bridgehead atoms. The molecular weight excluding hydrogens is 284 g/mol. The molecule has 2 atom stereocenters. The lowest BCUT2D eigenvalue weighted by atomic mass is 10.1. The number of hydrogen-bond donors (Lipinski definition) is 2. The Balaban J connectivity index is 2.13. The van der Waals surface area contributed by atoms with Crippen molar-refractivity contribution in [1.29, 1.82) is 0 Å². The molecule has 0 aliphatic heterocycles. The molecule has 0 radical (unpaired) electrons. The van der Waals surface area contributed by atoms with E-state index in [0.29, 0.717) is 26.2 Å². The van der Waals surface area contributed by atoms with E-state index in [0.717, 1.165) is 11.3 Å². The molecule has 0 aliphatic carbocycles. The van der Waals surface area contributed by atoms with Gasteiger partial charge in [0, 0.05) is 6.54 Å². The average Bonchev–Trinajstić information content (AvgIpc) is 2.51. The molecule has 0 aromatic heterocycles. The van der Waals surface area contributed by atoms with Crippen molar-refractivity contribution >= 4 is 17.7 Å². The number of thioether (sulfide) groups is 1. The average molecular weight is 310 g/mol. The molecule has 1 amide bonds. The maximum Gasteiger partial charge on any atom is 0.236 e. The summed E-state index contributed by atoms with van der Waals surface area (Å²) in [4.78, 5) is 11.8. The monoisotopic (exact) mass is 310 g/mol. The molecule has 1 aromatic rings. The molecule has 21 heavy (non-hydrogen) atoms. The fourth-order valence-corrected chi connectivity index (χ4v) is 2.28. The minimum atomic E-state index is -0.408. The van der Waals surface area contributed by atoms with Crippen LogP contribution in [0, 0.1) is 5.92 Å². The summed E-state index contributed by atoms with van der Waals surface area (Å²) in [5, 5.41) is 2.89. The van der Waals surface area contributed by atoms with Crippen LogP contribution in [0.15, 0.2) is 30.3 Å². The fourth-order valence-electron chi connectivity index (χ4n) is 1.79. The van der Waals surface area contributed by atoms with Gasteiger partial charge in [-0.15, -0.1) is 0 Å². The Morgan fingerprint density at radius 1 is 1.38 bits per heavy atom. The zero-order valence-corrected chi connectivity index (χ0v) is 13.7. The Morgan fingerprint density at radius 2 is 2.10 bits per heavy atom. The third kappa shape index (κ3) is 8.09. The maximum absolute atomic E-state index is 11.8. The van der Waals surface area contributed by atoms with Crippen molar-refractivity contribution in [2.24, 2.45) is 11.7 Å². The van der Waals surface area contributed by atoms with Crippen LogP contribution in [0.3, 0.4) is 0 Å². The van der Waals surface area contributed by atoms with Gasteiger partial charge >= 0.3 is 0 Å². The molecule has 0 saturated carbocycles. The first-order valence-corrected chi connectivity index (χ1v) is 8.66. The summed E-state index contributed by atoms with van der Waals surface area (Å²) in [6.07, 6.45) is 2.72. The summed E-state index contributed by atoms with van der Waals surface area (Å²) in [5.74, 6) is 1.11. The third-order valence-corrected chi connectivity index (χ3v) is 3.75. The van der Waals surface area contributed by atoms with Crippen LogP contribution in [0.2, 0.25) is 0 Å². The SMILES string of the molecule is CSCC[C@H](N)C(=O)NCC(C)COCc1ccccc1. The van der Waals surface area contributed by atoms with Gasteiger partial charge in [0.2, 0.25) is 5.91 Å². The topological polar surface area (TPSA) is 64.4 Å². The lowest BCUT2D eigenvalue weighted by molar-refractivity contribution is -0.122. The fraction of sp³-hybridized carbons (Fsp3) is 0.562. The zero-order valence-electron chi connectivity index (χ0n) is 12.9. The largest absolute Gasteiger partial charge is 0.376 e. The van der Waals surface area contributed by atoms with Crippen LogP contribution in [-0.2, 0) is 16.1 Å². The van der Waals surface area contributed by atoms with Crippen molar-refractivity contribution in [2.45, 2.75) is 26.0 Å². The van der Waals surface area contributed by atoms with Crippen LogP contribution < -0.4 is 11.1 Å². The number of hydrogen-bond acceptors (Lipinski definition) is 4. The number of rotatable bonds is 10. The predicted molar refractivity (Wildman–Crippen MR) is 89.2 cm³/mol. The van der Waals surface area contributed by atoms with Gasteiger partial charge in [0.05, 0.1) is 19.3 Å². The lowest BCUT2D eigenvalue weighted by Gasteiger charge is -2.16. The molecule has 4 nitrogen and oxygen atoms in total. The van der Waals surface area contributed by atoms with Gasteiger partial charge in [0.1, 0.15) is 0 Å². The number of nitrogens with two attached hydrogens (primary N) is 1. The van der Waals surface area contributed by atoms with Crippen LogP contribution in [0.4, 0.5) is 0 Å². The molecule has 1 unspecified atom stereocenters. The van der Waals surface area contributed by atoms with Crippen molar-refractivity contribution in [2.75, 3.05) is 25.2 Å². The maximum atomic E-state index is 11.8. The third-order valence-electron chi connectivity index (χ3n) is 3.11. The highest BCUT2D eigenvalue weighted by atomic mass is 32.2. The van der Waals surface area contributed by atoms with E-state index < -0.39 is 6.04 Å². The molecule has 1 rings (SSSR count). The van der Waals surface area contributed by atoms with E-state index in [9.17, 15) is 4.79 Å². The van der Waals surface area contributed by atoms with Gasteiger partial charge in [-0.1, -0.05) is 37.3 Å². The number of ether oxygens (including phenoxy) is 1. The predicted octanol–water partition coefficient (Wildman–Crippen LogP) is 2.04. The van der Waals surface area contributed by atoms with E-state index in [1.807, 2.05) is 36.6 Å². The van der Waals surface area contributed by atoms with Crippen molar-refractivity contribution < 1.29 is 9.53 Å². The smallest absolute Gasteiger partial charge is 0.236 e. The molecule has 0 heterocycles. The Bertz CT molecular complexity index is 401. The minimum Gasteiger partial charge on any atom is -0.376 e. The Labute approximate surface area is 131 Å². The number of benzene rings is 1. The van der Waals surface area contributed by atoms with Crippen LogP contribution in [0.1, 0.15) is 18.9 Å². The van der Waals surface area contributed by atoms with Crippen molar-refractivity contribution in [3.63, 3.8) is 0 Å². The number of nitrogens with one attached hydrogen (secondary N) is 1. The molecular formula is C16H26N2O2S. The van der Waals surface area contributed by atoms with Gasteiger partial charge in [-0.05, 0) is 29.9 Å². The van der Waals surface area contributed by atoms with Crippen LogP contribution in [0.5, 0.6) is 0 Å². The quantitative estimate of drug-likeness (QED) is 0.694. The second-order valence-corrected chi connectivity index (χ2v) is 6.22. The van der Waals surface area contributed by atoms with E-state index in [1.54, 1.807) is 11.8 Å². The van der Waals surface area contributed by atoms with E-state index in [-0.39, 0.29) is 11.8 Å². The normalized spacial score (nSPS) is 13.7. The van der Waals surface area contributed by atoms with Gasteiger partial charge in [-0.25, -0.2) is 0 Å². The standard InChI is InChI=1S/C16H26N2O2S/c1-13(10-18-16(19)15(17)8-9-21-2)11-20-12-14-6-4-3-5-7-14/h3-7,13,15H,8-12,17H2,1-2H3,(H,18,19)/t13?,15-/m0/s1. The summed E-state index contributed by atoms with van der Waals surface area (Å²) in [5.41, 5.74) is 6.97. The Kier molecular flexibility index (Phi) is 9.14. The zero-order chi connectivity index (χ0) is 15.5. The molecule has 3 N–H and O–H groups in total. The number of carbonyl (C=O) groups excluding carboxylic acids is 1. The first-order chi connectivity index (χ1) is 10.1. The van der Waals surface area contributed by atoms with Crippen molar-refractivity contribution in [1.82, 2.24) is 5.32 Å². The second kappa shape index (κ2) is 10.7. The lowest BCUT2D eigenvalue weighted by Crippen LogP contribution is -2.42. The van der Waals surface area contributed by atoms with Crippen LogP contribution in [0.25, 0.3) is 0 Å². The highest BCUT2D eigenvalue weighted by molar-refractivity contribution is 7.98. The van der Waals surface area contributed by atoms with E-state index >= 15 is 0 Å². The highest BCUT2D eigenvalue weighted by Gasteiger charge is 2.13. The first-order valence-electron chi connectivity index (χ1n) is 7.27. The summed E-state index contributed by atoms with van der Waals surface area (Å²) < 4.78 is 5.65. The summed E-state index contributed by atoms with van der Waals surface area (Å²) >= 11 is 1.70. The summed E-state index contributed by atoms with van der Waals surface area (Å²) in [6.45, 7) is 3.88. The van der Waals surface area contributed by atoms with Crippen molar-refractivity contribution in [3.05, 3.63) is 35.9 Å². The molecule has 0 saturated heterocycles. The van der Waals surface area contributed by atoms with Crippen molar-refractivity contribution in [3.8, 4) is 0 Å². The van der Waals surface area contributed by atoms with Gasteiger partial charge in [-0.3, -0.25) is 4.79 Å². The second-order valence-electron chi connectivity index (χ2n) is 5.24. The molecule has 118 valence electrons. The van der Waals surface area contributed by atoms with Gasteiger partial charge < -0.3 is 15.8 Å². The Morgan fingerprint density at radius 3 is 2.76 bits per heavy atom. The van der Waals surface area contributed by atoms with E-state index in [4.69, 9.17) is 10.5 Å². The Hall–Kier alpha value is -1.04. The van der Waals surface area contributed by atoms with Crippen LogP contribution >= 0.6 is 11.8 Å². The van der Waals surface area contributed by atoms with E-state index in [2.05, 4.69) is 12.2 Å². The summed E-state index contributed by atoms with van der Waals surface area (Å²) in [6, 6.07) is 9.65. The van der Waals surface area contributed by atoms with Gasteiger partial charge in [-0.2, -0.15) is 11.8 Å². The first kappa shape index (κ1) is 18.0. The molecule has 0 aliphatic rings. The van der Waals surface area contributed by atoms with Gasteiger partial charge in [0.25, 0.3) is 0 Å².